The average Bonchev–Trinajstić information content (AvgIpc) is 2.54. The first-order valence-electron chi connectivity index (χ1n) is 6.87. The number of fused-ring (bicyclic) bond motifs is 2. The molecule has 5 nitrogen and oxygen atoms in total. The number of rotatable bonds is 1. The molecule has 21 heavy (non-hydrogen) atoms. The third-order valence-electron chi connectivity index (χ3n) is 3.73. The molecule has 0 fully saturated rings. The van der Waals surface area contributed by atoms with Crippen LogP contribution in [0.1, 0.15) is 11.3 Å². The Morgan fingerprint density at radius 1 is 1.19 bits per heavy atom. The first kappa shape index (κ1) is 12.2. The van der Waals surface area contributed by atoms with Crippen LogP contribution < -0.4 is 5.56 Å². The summed E-state index contributed by atoms with van der Waals surface area (Å²) in [7, 11) is 0. The Kier molecular flexibility index (Phi) is 2.79. The third-order valence-corrected chi connectivity index (χ3v) is 3.73. The van der Waals surface area contributed by atoms with Crippen molar-refractivity contribution in [3.8, 4) is 11.4 Å². The van der Waals surface area contributed by atoms with Gasteiger partial charge in [0.1, 0.15) is 5.82 Å². The van der Waals surface area contributed by atoms with Crippen LogP contribution in [-0.2, 0) is 17.8 Å². The minimum atomic E-state index is -0.115. The zero-order valence-electron chi connectivity index (χ0n) is 11.3. The molecule has 0 saturated carbocycles. The van der Waals surface area contributed by atoms with Gasteiger partial charge in [-0.1, -0.05) is 18.2 Å². The van der Waals surface area contributed by atoms with Gasteiger partial charge in [0.15, 0.2) is 0 Å². The highest BCUT2D eigenvalue weighted by molar-refractivity contribution is 5.92. The number of benzene rings is 1. The summed E-state index contributed by atoms with van der Waals surface area (Å²) in [5.74, 6) is 0.597. The van der Waals surface area contributed by atoms with Crippen LogP contribution in [0.5, 0.6) is 0 Å². The van der Waals surface area contributed by atoms with Crippen molar-refractivity contribution >= 4 is 10.9 Å². The zero-order chi connectivity index (χ0) is 14.2. The van der Waals surface area contributed by atoms with Crippen molar-refractivity contribution < 1.29 is 4.74 Å². The molecule has 0 spiro atoms. The van der Waals surface area contributed by atoms with Crippen LogP contribution in [0.4, 0.5) is 0 Å². The van der Waals surface area contributed by atoms with E-state index in [4.69, 9.17) is 4.74 Å². The fourth-order valence-corrected chi connectivity index (χ4v) is 2.67. The van der Waals surface area contributed by atoms with Gasteiger partial charge in [-0.15, -0.1) is 0 Å². The number of nitrogens with one attached hydrogen (secondary N) is 1. The van der Waals surface area contributed by atoms with Gasteiger partial charge in [-0.05, 0) is 12.1 Å². The number of hydrogen-bond acceptors (Lipinski definition) is 4. The van der Waals surface area contributed by atoms with Crippen molar-refractivity contribution in [2.75, 3.05) is 6.61 Å². The minimum Gasteiger partial charge on any atom is -0.376 e. The first-order chi connectivity index (χ1) is 10.3. The van der Waals surface area contributed by atoms with E-state index in [-0.39, 0.29) is 5.56 Å². The number of pyridine rings is 1. The summed E-state index contributed by atoms with van der Waals surface area (Å²) in [6.07, 6.45) is 2.41. The van der Waals surface area contributed by atoms with Crippen molar-refractivity contribution in [3.05, 3.63) is 58.1 Å². The topological polar surface area (TPSA) is 67.9 Å². The van der Waals surface area contributed by atoms with Gasteiger partial charge in [-0.25, -0.2) is 4.98 Å². The lowest BCUT2D eigenvalue weighted by molar-refractivity contribution is 0.108. The fourth-order valence-electron chi connectivity index (χ4n) is 2.67. The van der Waals surface area contributed by atoms with Gasteiger partial charge in [-0.2, -0.15) is 0 Å². The molecule has 1 N–H and O–H groups in total. The zero-order valence-corrected chi connectivity index (χ0v) is 11.3. The Bertz CT molecular complexity index is 881. The van der Waals surface area contributed by atoms with E-state index in [9.17, 15) is 4.79 Å². The number of nitrogens with zero attached hydrogens (tertiary/aromatic N) is 2. The molecule has 0 radical (unpaired) electrons. The Morgan fingerprint density at radius 3 is 3.05 bits per heavy atom. The molecular formula is C16H13N3O2. The monoisotopic (exact) mass is 279 g/mol. The molecule has 1 aliphatic heterocycles. The quantitative estimate of drug-likeness (QED) is 0.740. The molecule has 0 amide bonds. The first-order valence-corrected chi connectivity index (χ1v) is 6.87. The summed E-state index contributed by atoms with van der Waals surface area (Å²) in [6, 6.07) is 9.72. The van der Waals surface area contributed by atoms with Crippen molar-refractivity contribution in [3.63, 3.8) is 0 Å². The van der Waals surface area contributed by atoms with E-state index in [1.807, 2.05) is 30.3 Å². The highest BCUT2D eigenvalue weighted by Crippen LogP contribution is 2.24. The molecule has 4 rings (SSSR count). The minimum absolute atomic E-state index is 0.115. The maximum absolute atomic E-state index is 12.2. The van der Waals surface area contributed by atoms with Crippen LogP contribution in [0, 0.1) is 0 Å². The second-order valence-electron chi connectivity index (χ2n) is 5.02. The number of hydrogen-bond donors (Lipinski definition) is 1. The number of para-hydroxylation sites is 1. The Hall–Kier alpha value is -2.53. The molecule has 0 aliphatic carbocycles. The maximum atomic E-state index is 12.2. The molecule has 1 aromatic carbocycles. The molecule has 0 unspecified atom stereocenters. The standard InChI is InChI=1S/C16H13N3O2/c20-16-12-9-21-8-6-14(12)18-15(19-16)11-5-7-17-13-4-2-1-3-10(11)13/h1-5,7H,6,8-9H2,(H,18,19,20). The van der Waals surface area contributed by atoms with Gasteiger partial charge in [-0.3, -0.25) is 9.78 Å². The van der Waals surface area contributed by atoms with Gasteiger partial charge in [0.25, 0.3) is 5.56 Å². The van der Waals surface area contributed by atoms with Gasteiger partial charge in [0.05, 0.1) is 30.0 Å². The van der Waals surface area contributed by atoms with E-state index >= 15 is 0 Å². The number of ether oxygens (including phenoxy) is 1. The predicted molar refractivity (Wildman–Crippen MR) is 79.0 cm³/mol. The van der Waals surface area contributed by atoms with Crippen LogP contribution in [0.25, 0.3) is 22.3 Å². The lowest BCUT2D eigenvalue weighted by Crippen LogP contribution is -2.24. The summed E-state index contributed by atoms with van der Waals surface area (Å²) in [5.41, 5.74) is 3.14. The Balaban J connectivity index is 1.97. The molecule has 3 aromatic rings. The van der Waals surface area contributed by atoms with Crippen LogP contribution in [0.2, 0.25) is 0 Å². The smallest absolute Gasteiger partial charge is 0.256 e. The second kappa shape index (κ2) is 4.79. The summed E-state index contributed by atoms with van der Waals surface area (Å²) in [6.45, 7) is 0.953. The van der Waals surface area contributed by atoms with Crippen LogP contribution >= 0.6 is 0 Å². The largest absolute Gasteiger partial charge is 0.376 e. The maximum Gasteiger partial charge on any atom is 0.256 e. The molecule has 0 atom stereocenters. The second-order valence-corrected chi connectivity index (χ2v) is 5.02. The summed E-state index contributed by atoms with van der Waals surface area (Å²) in [4.78, 5) is 24.0. The lowest BCUT2D eigenvalue weighted by atomic mass is 10.1. The van der Waals surface area contributed by atoms with E-state index < -0.39 is 0 Å². The van der Waals surface area contributed by atoms with E-state index in [1.54, 1.807) is 6.20 Å². The molecule has 1 aliphatic rings. The summed E-state index contributed by atoms with van der Waals surface area (Å²) in [5, 5.41) is 0.982. The molecule has 3 heterocycles. The third kappa shape index (κ3) is 2.02. The SMILES string of the molecule is O=c1[nH]c(-c2ccnc3ccccc23)nc2c1COCC2. The normalized spacial score (nSPS) is 14.1. The Labute approximate surface area is 120 Å². The van der Waals surface area contributed by atoms with Crippen molar-refractivity contribution in [1.29, 1.82) is 0 Å². The van der Waals surface area contributed by atoms with Crippen molar-refractivity contribution in [2.24, 2.45) is 0 Å². The molecular weight excluding hydrogens is 266 g/mol. The highest BCUT2D eigenvalue weighted by atomic mass is 16.5. The Morgan fingerprint density at radius 2 is 2.10 bits per heavy atom. The van der Waals surface area contributed by atoms with Gasteiger partial charge in [0, 0.05) is 23.6 Å². The number of aromatic nitrogens is 3. The summed E-state index contributed by atoms with van der Waals surface area (Å²) < 4.78 is 5.32. The number of aromatic amines is 1. The number of H-pyrrole nitrogens is 1. The van der Waals surface area contributed by atoms with Crippen LogP contribution in [-0.4, -0.2) is 21.6 Å². The van der Waals surface area contributed by atoms with Crippen LogP contribution in [0.15, 0.2) is 41.3 Å². The lowest BCUT2D eigenvalue weighted by Gasteiger charge is -2.15. The van der Waals surface area contributed by atoms with Gasteiger partial charge in [0.2, 0.25) is 0 Å². The molecule has 0 bridgehead atoms. The highest BCUT2D eigenvalue weighted by Gasteiger charge is 2.17. The van der Waals surface area contributed by atoms with Crippen molar-refractivity contribution in [1.82, 2.24) is 15.0 Å². The fraction of sp³-hybridized carbons (Fsp3) is 0.188. The molecule has 104 valence electrons. The predicted octanol–water partition coefficient (Wildman–Crippen LogP) is 2.06. The van der Waals surface area contributed by atoms with Crippen molar-refractivity contribution in [2.45, 2.75) is 13.0 Å². The van der Waals surface area contributed by atoms with E-state index in [0.29, 0.717) is 31.0 Å². The summed E-state index contributed by atoms with van der Waals surface area (Å²) >= 11 is 0. The van der Waals surface area contributed by atoms with E-state index in [1.165, 1.54) is 0 Å². The van der Waals surface area contributed by atoms with Gasteiger partial charge >= 0.3 is 0 Å². The molecule has 0 saturated heterocycles. The molecule has 5 heteroatoms. The van der Waals surface area contributed by atoms with Crippen LogP contribution in [0.3, 0.4) is 0 Å². The van der Waals surface area contributed by atoms with Gasteiger partial charge < -0.3 is 9.72 Å². The van der Waals surface area contributed by atoms with E-state index in [2.05, 4.69) is 15.0 Å². The molecule has 2 aromatic heterocycles. The average molecular weight is 279 g/mol. The van der Waals surface area contributed by atoms with E-state index in [0.717, 1.165) is 22.2 Å².